The monoisotopic (exact) mass is 222 g/mol. The lowest BCUT2D eigenvalue weighted by molar-refractivity contribution is -0.0503. The number of nitrogens with one attached hydrogen (secondary N) is 2. The molecule has 0 amide bonds. The Labute approximate surface area is 99.6 Å². The van der Waals surface area contributed by atoms with Crippen LogP contribution in [0, 0.1) is 29.6 Å². The fourth-order valence-electron chi connectivity index (χ4n) is 5.27. The first-order valence-corrected chi connectivity index (χ1v) is 7.13. The van der Waals surface area contributed by atoms with Crippen molar-refractivity contribution >= 4 is 0 Å². The standard InChI is InChI=1S/C14H26N2/c1-15-8-13(16-2)14-11-4-9-3-10(6-11)7-12(14)5-9/h9-16H,3-8H2,1-2H3. The molecule has 0 aromatic rings. The summed E-state index contributed by atoms with van der Waals surface area (Å²) < 4.78 is 0. The lowest BCUT2D eigenvalue weighted by Crippen LogP contribution is -2.54. The second kappa shape index (κ2) is 4.30. The third kappa shape index (κ3) is 1.70. The molecule has 2 N–H and O–H groups in total. The van der Waals surface area contributed by atoms with Gasteiger partial charge in [-0.2, -0.15) is 0 Å². The molecule has 4 bridgehead atoms. The second-order valence-corrected chi connectivity index (χ2v) is 6.46. The largest absolute Gasteiger partial charge is 0.318 e. The first-order chi connectivity index (χ1) is 7.81. The number of rotatable bonds is 4. The molecule has 0 spiro atoms. The summed E-state index contributed by atoms with van der Waals surface area (Å²) in [5.74, 6) is 5.26. The summed E-state index contributed by atoms with van der Waals surface area (Å²) in [5, 5.41) is 6.93. The van der Waals surface area contributed by atoms with Gasteiger partial charge in [0, 0.05) is 12.6 Å². The average Bonchev–Trinajstić information content (AvgIpc) is 2.26. The van der Waals surface area contributed by atoms with Crippen LogP contribution in [-0.2, 0) is 0 Å². The van der Waals surface area contributed by atoms with E-state index < -0.39 is 0 Å². The SMILES string of the molecule is CNCC(NC)C1C2CC3CC(C2)CC1C3. The van der Waals surface area contributed by atoms with E-state index in [1.165, 1.54) is 0 Å². The molecule has 0 aromatic heterocycles. The zero-order valence-corrected chi connectivity index (χ0v) is 10.7. The van der Waals surface area contributed by atoms with Crippen LogP contribution in [0.4, 0.5) is 0 Å². The van der Waals surface area contributed by atoms with Gasteiger partial charge in [-0.05, 0) is 75.8 Å². The summed E-state index contributed by atoms with van der Waals surface area (Å²) in [6.07, 6.45) is 7.73. The lowest BCUT2D eigenvalue weighted by Gasteiger charge is -2.56. The summed E-state index contributed by atoms with van der Waals surface area (Å²) in [4.78, 5) is 0. The topological polar surface area (TPSA) is 24.1 Å². The van der Waals surface area contributed by atoms with Gasteiger partial charge in [0.15, 0.2) is 0 Å². The molecular formula is C14H26N2. The predicted octanol–water partition coefficient (Wildman–Crippen LogP) is 1.87. The summed E-state index contributed by atoms with van der Waals surface area (Å²) in [5.41, 5.74) is 0. The van der Waals surface area contributed by atoms with E-state index in [1.54, 1.807) is 32.1 Å². The highest BCUT2D eigenvalue weighted by molar-refractivity contribution is 5.01. The van der Waals surface area contributed by atoms with E-state index in [1.807, 2.05) is 0 Å². The molecule has 4 aliphatic carbocycles. The van der Waals surface area contributed by atoms with Crippen LogP contribution in [0.1, 0.15) is 32.1 Å². The highest BCUT2D eigenvalue weighted by Crippen LogP contribution is 2.57. The number of hydrogen-bond acceptors (Lipinski definition) is 2. The van der Waals surface area contributed by atoms with Crippen molar-refractivity contribution in [2.75, 3.05) is 20.6 Å². The molecule has 0 aliphatic heterocycles. The molecule has 2 nitrogen and oxygen atoms in total. The van der Waals surface area contributed by atoms with Gasteiger partial charge in [-0.1, -0.05) is 0 Å². The molecule has 4 rings (SSSR count). The Morgan fingerprint density at radius 3 is 1.94 bits per heavy atom. The first-order valence-electron chi connectivity index (χ1n) is 7.13. The molecule has 4 aliphatic rings. The van der Waals surface area contributed by atoms with Crippen LogP contribution in [-0.4, -0.2) is 26.7 Å². The fraction of sp³-hybridized carbons (Fsp3) is 1.00. The van der Waals surface area contributed by atoms with Gasteiger partial charge in [-0.3, -0.25) is 0 Å². The van der Waals surface area contributed by atoms with Gasteiger partial charge in [-0.15, -0.1) is 0 Å². The van der Waals surface area contributed by atoms with E-state index in [2.05, 4.69) is 24.7 Å². The van der Waals surface area contributed by atoms with Crippen LogP contribution in [0.3, 0.4) is 0 Å². The van der Waals surface area contributed by atoms with Gasteiger partial charge in [0.2, 0.25) is 0 Å². The molecule has 2 heteroatoms. The van der Waals surface area contributed by atoms with Gasteiger partial charge in [0.25, 0.3) is 0 Å². The summed E-state index contributed by atoms with van der Waals surface area (Å²) in [7, 11) is 4.23. The first kappa shape index (κ1) is 11.0. The van der Waals surface area contributed by atoms with E-state index in [0.29, 0.717) is 6.04 Å². The highest BCUT2D eigenvalue weighted by atomic mass is 15.0. The van der Waals surface area contributed by atoms with E-state index >= 15 is 0 Å². The van der Waals surface area contributed by atoms with Crippen LogP contribution >= 0.6 is 0 Å². The minimum absolute atomic E-state index is 0.708. The van der Waals surface area contributed by atoms with Gasteiger partial charge in [-0.25, -0.2) is 0 Å². The third-order valence-corrected chi connectivity index (χ3v) is 5.56. The Bertz CT molecular complexity index is 220. The van der Waals surface area contributed by atoms with Crippen molar-refractivity contribution in [3.63, 3.8) is 0 Å². The van der Waals surface area contributed by atoms with Gasteiger partial charge in [0.05, 0.1) is 0 Å². The van der Waals surface area contributed by atoms with Crippen LogP contribution in [0.2, 0.25) is 0 Å². The van der Waals surface area contributed by atoms with Crippen LogP contribution in [0.15, 0.2) is 0 Å². The van der Waals surface area contributed by atoms with Crippen LogP contribution in [0.5, 0.6) is 0 Å². The lowest BCUT2D eigenvalue weighted by atomic mass is 9.50. The van der Waals surface area contributed by atoms with Crippen molar-refractivity contribution in [3.05, 3.63) is 0 Å². The molecule has 92 valence electrons. The average molecular weight is 222 g/mol. The Morgan fingerprint density at radius 2 is 1.50 bits per heavy atom. The Balaban J connectivity index is 1.75. The van der Waals surface area contributed by atoms with Crippen molar-refractivity contribution in [1.82, 2.24) is 10.6 Å². The van der Waals surface area contributed by atoms with E-state index in [9.17, 15) is 0 Å². The molecule has 1 atom stereocenters. The summed E-state index contributed by atoms with van der Waals surface area (Å²) in [6, 6.07) is 0.708. The molecule has 0 radical (unpaired) electrons. The normalized spacial score (nSPS) is 47.2. The smallest absolute Gasteiger partial charge is 0.0222 e. The molecule has 4 saturated carbocycles. The Morgan fingerprint density at radius 1 is 0.938 bits per heavy atom. The maximum absolute atomic E-state index is 3.57. The highest BCUT2D eigenvalue weighted by Gasteiger charge is 2.49. The molecular weight excluding hydrogens is 196 g/mol. The predicted molar refractivity (Wildman–Crippen MR) is 67.3 cm³/mol. The van der Waals surface area contributed by atoms with E-state index in [4.69, 9.17) is 0 Å². The zero-order valence-electron chi connectivity index (χ0n) is 10.7. The van der Waals surface area contributed by atoms with Crippen molar-refractivity contribution in [2.45, 2.75) is 38.1 Å². The molecule has 4 fully saturated rings. The molecule has 16 heavy (non-hydrogen) atoms. The Hall–Kier alpha value is -0.0800. The van der Waals surface area contributed by atoms with Crippen molar-refractivity contribution in [2.24, 2.45) is 29.6 Å². The second-order valence-electron chi connectivity index (χ2n) is 6.46. The molecule has 0 aromatic carbocycles. The van der Waals surface area contributed by atoms with Gasteiger partial charge in [0.1, 0.15) is 0 Å². The van der Waals surface area contributed by atoms with Crippen LogP contribution < -0.4 is 10.6 Å². The molecule has 0 heterocycles. The summed E-state index contributed by atoms with van der Waals surface area (Å²) >= 11 is 0. The minimum atomic E-state index is 0.708. The number of likely N-dealkylation sites (N-methyl/N-ethyl adjacent to an activating group) is 2. The maximum atomic E-state index is 3.57. The van der Waals surface area contributed by atoms with Crippen molar-refractivity contribution in [1.29, 1.82) is 0 Å². The van der Waals surface area contributed by atoms with E-state index in [-0.39, 0.29) is 0 Å². The number of hydrogen-bond donors (Lipinski definition) is 2. The van der Waals surface area contributed by atoms with Crippen molar-refractivity contribution < 1.29 is 0 Å². The maximum Gasteiger partial charge on any atom is 0.0222 e. The van der Waals surface area contributed by atoms with Crippen LogP contribution in [0.25, 0.3) is 0 Å². The minimum Gasteiger partial charge on any atom is -0.318 e. The zero-order chi connectivity index (χ0) is 11.1. The quantitative estimate of drug-likeness (QED) is 0.759. The molecule has 0 saturated heterocycles. The van der Waals surface area contributed by atoms with E-state index in [0.717, 1.165) is 36.1 Å². The summed E-state index contributed by atoms with van der Waals surface area (Å²) in [6.45, 7) is 1.14. The van der Waals surface area contributed by atoms with Gasteiger partial charge >= 0.3 is 0 Å². The third-order valence-electron chi connectivity index (χ3n) is 5.56. The van der Waals surface area contributed by atoms with Gasteiger partial charge < -0.3 is 10.6 Å². The Kier molecular flexibility index (Phi) is 2.97. The molecule has 1 unspecified atom stereocenters. The van der Waals surface area contributed by atoms with Crippen molar-refractivity contribution in [3.8, 4) is 0 Å². The fourth-order valence-corrected chi connectivity index (χ4v) is 5.27.